The lowest BCUT2D eigenvalue weighted by Crippen LogP contribution is -2.36. The first kappa shape index (κ1) is 12.6. The number of anilines is 2. The van der Waals surface area contributed by atoms with Gasteiger partial charge in [-0.3, -0.25) is 5.10 Å². The van der Waals surface area contributed by atoms with Gasteiger partial charge in [0, 0.05) is 20.6 Å². The number of likely N-dealkylation sites (N-methyl/N-ethyl adjacent to an activating group) is 1. The molecule has 18 heavy (non-hydrogen) atoms. The van der Waals surface area contributed by atoms with E-state index in [1.165, 1.54) is 0 Å². The summed E-state index contributed by atoms with van der Waals surface area (Å²) in [6.07, 6.45) is 1.69. The van der Waals surface area contributed by atoms with Crippen LogP contribution in [-0.4, -0.2) is 51.5 Å². The minimum Gasteiger partial charge on any atom is -0.389 e. The van der Waals surface area contributed by atoms with Gasteiger partial charge in [-0.2, -0.15) is 15.1 Å². The summed E-state index contributed by atoms with van der Waals surface area (Å²) in [6, 6.07) is 0. The number of aliphatic hydroxyl groups is 1. The molecule has 0 radical (unpaired) electrons. The van der Waals surface area contributed by atoms with E-state index in [9.17, 15) is 5.11 Å². The van der Waals surface area contributed by atoms with Crippen LogP contribution in [0, 0.1) is 0 Å². The lowest BCUT2D eigenvalue weighted by molar-refractivity contribution is 0.0885. The Balaban J connectivity index is 2.45. The highest BCUT2D eigenvalue weighted by Gasteiger charge is 2.19. The normalized spacial score (nSPS) is 11.8. The minimum absolute atomic E-state index is 0.466. The van der Waals surface area contributed by atoms with E-state index >= 15 is 0 Å². The van der Waals surface area contributed by atoms with Crippen LogP contribution in [0.2, 0.25) is 0 Å². The summed E-state index contributed by atoms with van der Waals surface area (Å²) in [5.41, 5.74) is -0.123. The summed E-state index contributed by atoms with van der Waals surface area (Å²) in [6.45, 7) is 3.99. The molecular weight excluding hydrogens is 232 g/mol. The van der Waals surface area contributed by atoms with Gasteiger partial charge in [-0.15, -0.1) is 0 Å². The predicted octanol–water partition coefficient (Wildman–Crippen LogP) is 0.602. The van der Waals surface area contributed by atoms with Gasteiger partial charge in [-0.1, -0.05) is 0 Å². The third-order valence-corrected chi connectivity index (χ3v) is 2.50. The highest BCUT2D eigenvalue weighted by molar-refractivity contribution is 5.87. The van der Waals surface area contributed by atoms with E-state index in [-0.39, 0.29) is 0 Å². The van der Waals surface area contributed by atoms with Crippen LogP contribution in [0.5, 0.6) is 0 Å². The predicted molar refractivity (Wildman–Crippen MR) is 70.8 cm³/mol. The average Bonchev–Trinajstić information content (AvgIpc) is 2.72. The van der Waals surface area contributed by atoms with Gasteiger partial charge in [0.05, 0.1) is 17.2 Å². The van der Waals surface area contributed by atoms with E-state index in [0.29, 0.717) is 18.1 Å². The smallest absolute Gasteiger partial charge is 0.226 e. The first-order valence-electron chi connectivity index (χ1n) is 5.73. The van der Waals surface area contributed by atoms with Crippen molar-refractivity contribution >= 4 is 22.8 Å². The van der Waals surface area contributed by atoms with Gasteiger partial charge in [-0.25, -0.2) is 0 Å². The summed E-state index contributed by atoms with van der Waals surface area (Å²) in [5, 5.41) is 20.4. The second-order valence-electron chi connectivity index (χ2n) is 4.92. The lowest BCUT2D eigenvalue weighted by Gasteiger charge is -2.26. The van der Waals surface area contributed by atoms with Crippen LogP contribution >= 0.6 is 0 Å². The van der Waals surface area contributed by atoms with Gasteiger partial charge in [0.25, 0.3) is 0 Å². The van der Waals surface area contributed by atoms with Crippen molar-refractivity contribution in [1.82, 2.24) is 20.2 Å². The number of aromatic nitrogens is 4. The number of hydrogen-bond donors (Lipinski definition) is 3. The molecular formula is C11H18N6O. The minimum atomic E-state index is -0.796. The van der Waals surface area contributed by atoms with Gasteiger partial charge in [-0.05, 0) is 13.8 Å². The Morgan fingerprint density at radius 2 is 2.17 bits per heavy atom. The quantitative estimate of drug-likeness (QED) is 0.736. The summed E-state index contributed by atoms with van der Waals surface area (Å²) < 4.78 is 0. The second kappa shape index (κ2) is 4.41. The SMILES string of the molecule is CNc1nc(N(C)CC(C)(C)O)c2cn[nH]c2n1. The van der Waals surface area contributed by atoms with Gasteiger partial charge in [0.15, 0.2) is 5.65 Å². The molecule has 2 aromatic heterocycles. The molecule has 0 aromatic carbocycles. The molecule has 2 rings (SSSR count). The van der Waals surface area contributed by atoms with E-state index in [2.05, 4.69) is 25.5 Å². The number of fused-ring (bicyclic) bond motifs is 1. The number of nitrogens with one attached hydrogen (secondary N) is 2. The molecule has 0 unspecified atom stereocenters. The summed E-state index contributed by atoms with van der Waals surface area (Å²) >= 11 is 0. The van der Waals surface area contributed by atoms with Gasteiger partial charge < -0.3 is 15.3 Å². The van der Waals surface area contributed by atoms with Crippen molar-refractivity contribution in [2.45, 2.75) is 19.4 Å². The first-order chi connectivity index (χ1) is 8.40. The second-order valence-corrected chi connectivity index (χ2v) is 4.92. The molecule has 0 atom stereocenters. The molecule has 0 saturated carbocycles. The molecule has 0 aliphatic carbocycles. The van der Waals surface area contributed by atoms with Gasteiger partial charge in [0.2, 0.25) is 5.95 Å². The summed E-state index contributed by atoms with van der Waals surface area (Å²) in [7, 11) is 3.64. The van der Waals surface area contributed by atoms with Crippen LogP contribution in [-0.2, 0) is 0 Å². The molecule has 0 amide bonds. The van der Waals surface area contributed by atoms with Crippen molar-refractivity contribution in [2.75, 3.05) is 30.9 Å². The van der Waals surface area contributed by atoms with Crippen LogP contribution in [0.1, 0.15) is 13.8 Å². The molecule has 2 aromatic rings. The Kier molecular flexibility index (Phi) is 3.08. The fourth-order valence-corrected chi connectivity index (χ4v) is 1.88. The molecule has 2 heterocycles. The van der Waals surface area contributed by atoms with Crippen molar-refractivity contribution in [1.29, 1.82) is 0 Å². The van der Waals surface area contributed by atoms with Crippen molar-refractivity contribution in [2.24, 2.45) is 0 Å². The Morgan fingerprint density at radius 3 is 2.78 bits per heavy atom. The van der Waals surface area contributed by atoms with E-state index in [4.69, 9.17) is 0 Å². The summed E-state index contributed by atoms with van der Waals surface area (Å²) in [4.78, 5) is 10.6. The maximum Gasteiger partial charge on any atom is 0.226 e. The maximum atomic E-state index is 9.87. The fourth-order valence-electron chi connectivity index (χ4n) is 1.88. The number of H-pyrrole nitrogens is 1. The van der Waals surface area contributed by atoms with E-state index in [1.54, 1.807) is 27.1 Å². The average molecular weight is 250 g/mol. The zero-order valence-electron chi connectivity index (χ0n) is 11.0. The van der Waals surface area contributed by atoms with Crippen molar-refractivity contribution in [3.05, 3.63) is 6.20 Å². The molecule has 0 spiro atoms. The zero-order chi connectivity index (χ0) is 13.3. The molecule has 0 fully saturated rings. The topological polar surface area (TPSA) is 90.0 Å². The number of nitrogens with zero attached hydrogens (tertiary/aromatic N) is 4. The van der Waals surface area contributed by atoms with Crippen molar-refractivity contribution in [3.8, 4) is 0 Å². The highest BCUT2D eigenvalue weighted by atomic mass is 16.3. The van der Waals surface area contributed by atoms with Gasteiger partial charge in [0.1, 0.15) is 5.82 Å². The molecule has 98 valence electrons. The van der Waals surface area contributed by atoms with Crippen LogP contribution in [0.15, 0.2) is 6.20 Å². The highest BCUT2D eigenvalue weighted by Crippen LogP contribution is 2.23. The largest absolute Gasteiger partial charge is 0.389 e. The molecule has 0 aliphatic heterocycles. The summed E-state index contributed by atoms with van der Waals surface area (Å²) in [5.74, 6) is 1.25. The number of hydrogen-bond acceptors (Lipinski definition) is 6. The zero-order valence-corrected chi connectivity index (χ0v) is 11.0. The van der Waals surface area contributed by atoms with Crippen molar-refractivity contribution < 1.29 is 5.11 Å². The third kappa shape index (κ3) is 2.51. The number of aromatic amines is 1. The number of rotatable bonds is 4. The van der Waals surface area contributed by atoms with E-state index in [1.807, 2.05) is 11.9 Å². The monoisotopic (exact) mass is 250 g/mol. The standard InChI is InChI=1S/C11H18N6O/c1-11(2,18)6-17(4)9-7-5-13-16-8(7)14-10(12-3)15-9/h5,18H,6H2,1-4H3,(H2,12,13,14,15,16). The Labute approximate surface area is 105 Å². The molecule has 0 bridgehead atoms. The molecule has 0 saturated heterocycles. The van der Waals surface area contributed by atoms with Gasteiger partial charge >= 0.3 is 0 Å². The van der Waals surface area contributed by atoms with Crippen LogP contribution in [0.3, 0.4) is 0 Å². The lowest BCUT2D eigenvalue weighted by atomic mass is 10.1. The third-order valence-electron chi connectivity index (χ3n) is 2.50. The Bertz CT molecular complexity index is 544. The fraction of sp³-hybridized carbons (Fsp3) is 0.545. The van der Waals surface area contributed by atoms with Crippen LogP contribution in [0.4, 0.5) is 11.8 Å². The van der Waals surface area contributed by atoms with Crippen LogP contribution in [0.25, 0.3) is 11.0 Å². The van der Waals surface area contributed by atoms with Crippen molar-refractivity contribution in [3.63, 3.8) is 0 Å². The Morgan fingerprint density at radius 1 is 1.44 bits per heavy atom. The Hall–Kier alpha value is -1.89. The molecule has 7 nitrogen and oxygen atoms in total. The molecule has 3 N–H and O–H groups in total. The molecule has 7 heteroatoms. The maximum absolute atomic E-state index is 9.87. The van der Waals surface area contributed by atoms with E-state index in [0.717, 1.165) is 11.2 Å². The van der Waals surface area contributed by atoms with E-state index < -0.39 is 5.60 Å². The first-order valence-corrected chi connectivity index (χ1v) is 5.73. The molecule has 0 aliphatic rings. The van der Waals surface area contributed by atoms with Crippen LogP contribution < -0.4 is 10.2 Å².